The number of fused-ring (bicyclic) bond motifs is 1. The van der Waals surface area contributed by atoms with Gasteiger partial charge < -0.3 is 19.5 Å². The molecule has 1 atom stereocenters. The molecule has 28 heavy (non-hydrogen) atoms. The van der Waals surface area contributed by atoms with Gasteiger partial charge in [-0.3, -0.25) is 4.79 Å². The zero-order valence-electron chi connectivity index (χ0n) is 15.7. The number of esters is 1. The lowest BCUT2D eigenvalue weighted by Gasteiger charge is -2.18. The molecule has 1 heterocycles. The molecule has 146 valence electrons. The van der Waals surface area contributed by atoms with Gasteiger partial charge in [0.25, 0.3) is 5.91 Å². The predicted octanol–water partition coefficient (Wildman–Crippen LogP) is 3.35. The maximum absolute atomic E-state index is 12.2. The normalized spacial score (nSPS) is 11.7. The lowest BCUT2D eigenvalue weighted by Crippen LogP contribution is -2.31. The number of ether oxygens (including phenoxy) is 3. The van der Waals surface area contributed by atoms with Crippen molar-refractivity contribution in [2.75, 3.05) is 20.8 Å². The Balaban J connectivity index is 1.60. The number of aromatic nitrogens is 1. The molecule has 3 aromatic rings. The molecule has 7 nitrogen and oxygen atoms in total. The first-order chi connectivity index (χ1) is 13.5. The van der Waals surface area contributed by atoms with Crippen LogP contribution in [0.1, 0.15) is 28.9 Å². The summed E-state index contributed by atoms with van der Waals surface area (Å²) in [6.07, 6.45) is 0. The van der Waals surface area contributed by atoms with E-state index in [0.717, 1.165) is 15.8 Å². The average Bonchev–Trinajstić information content (AvgIpc) is 3.19. The van der Waals surface area contributed by atoms with Gasteiger partial charge >= 0.3 is 5.97 Å². The number of nitrogens with one attached hydrogen (secondary N) is 1. The molecule has 0 aliphatic rings. The van der Waals surface area contributed by atoms with Crippen molar-refractivity contribution in [1.29, 1.82) is 0 Å². The molecular weight excluding hydrogens is 380 g/mol. The van der Waals surface area contributed by atoms with Gasteiger partial charge in [0, 0.05) is 5.56 Å². The molecule has 0 spiro atoms. The third-order valence-electron chi connectivity index (χ3n) is 4.18. The number of carbonyl (C=O) groups is 2. The summed E-state index contributed by atoms with van der Waals surface area (Å²) in [4.78, 5) is 28.6. The number of hydrogen-bond acceptors (Lipinski definition) is 7. The highest BCUT2D eigenvalue weighted by molar-refractivity contribution is 7.16. The highest BCUT2D eigenvalue weighted by atomic mass is 32.1. The summed E-state index contributed by atoms with van der Waals surface area (Å²) in [5.41, 5.74) is 3.67. The van der Waals surface area contributed by atoms with Crippen LogP contribution < -0.4 is 14.8 Å². The van der Waals surface area contributed by atoms with Gasteiger partial charge in [0.1, 0.15) is 11.5 Å². The Labute approximate surface area is 166 Å². The van der Waals surface area contributed by atoms with E-state index in [1.807, 2.05) is 6.92 Å². The largest absolute Gasteiger partial charge is 0.497 e. The van der Waals surface area contributed by atoms with E-state index in [2.05, 4.69) is 10.3 Å². The second kappa shape index (κ2) is 8.71. The van der Waals surface area contributed by atoms with Gasteiger partial charge in [0.2, 0.25) is 0 Å². The van der Waals surface area contributed by atoms with Gasteiger partial charge in [-0.25, -0.2) is 9.78 Å². The highest BCUT2D eigenvalue weighted by Crippen LogP contribution is 2.29. The third-order valence-corrected chi connectivity index (χ3v) is 4.97. The molecule has 0 fully saturated rings. The number of benzene rings is 2. The van der Waals surface area contributed by atoms with Crippen molar-refractivity contribution in [2.24, 2.45) is 0 Å². The van der Waals surface area contributed by atoms with Gasteiger partial charge in [0.15, 0.2) is 6.61 Å². The number of amides is 1. The first-order valence-electron chi connectivity index (χ1n) is 8.53. The molecule has 0 saturated heterocycles. The van der Waals surface area contributed by atoms with Crippen LogP contribution in [0.3, 0.4) is 0 Å². The summed E-state index contributed by atoms with van der Waals surface area (Å²) < 4.78 is 16.6. The molecule has 0 radical (unpaired) electrons. The molecule has 0 aliphatic carbocycles. The topological polar surface area (TPSA) is 86.8 Å². The first kappa shape index (κ1) is 19.6. The number of thiazole rings is 1. The van der Waals surface area contributed by atoms with Crippen molar-refractivity contribution in [3.8, 4) is 11.5 Å². The Morgan fingerprint density at radius 2 is 1.96 bits per heavy atom. The molecule has 0 saturated carbocycles. The van der Waals surface area contributed by atoms with E-state index in [9.17, 15) is 9.59 Å². The number of hydrogen-bond donors (Lipinski definition) is 1. The van der Waals surface area contributed by atoms with Crippen molar-refractivity contribution in [2.45, 2.75) is 13.0 Å². The monoisotopic (exact) mass is 400 g/mol. The van der Waals surface area contributed by atoms with Crippen LogP contribution in [-0.4, -0.2) is 37.7 Å². The summed E-state index contributed by atoms with van der Waals surface area (Å²) in [5.74, 6) is 0.312. The maximum Gasteiger partial charge on any atom is 0.338 e. The van der Waals surface area contributed by atoms with Crippen LogP contribution in [0.5, 0.6) is 11.5 Å². The molecule has 1 N–H and O–H groups in total. The summed E-state index contributed by atoms with van der Waals surface area (Å²) in [6, 6.07) is 10.1. The van der Waals surface area contributed by atoms with Gasteiger partial charge in [-0.2, -0.15) is 0 Å². The number of methoxy groups -OCH3 is 2. The van der Waals surface area contributed by atoms with Gasteiger partial charge in [0.05, 0.1) is 41.6 Å². The van der Waals surface area contributed by atoms with Gasteiger partial charge in [-0.15, -0.1) is 11.3 Å². The fourth-order valence-corrected chi connectivity index (χ4v) is 3.45. The van der Waals surface area contributed by atoms with E-state index < -0.39 is 11.9 Å². The van der Waals surface area contributed by atoms with E-state index in [1.165, 1.54) is 11.3 Å². The molecule has 1 aromatic heterocycles. The molecular formula is C20H20N2O5S. The maximum atomic E-state index is 12.2. The Hall–Kier alpha value is -3.13. The number of rotatable bonds is 7. The van der Waals surface area contributed by atoms with Crippen LogP contribution in [-0.2, 0) is 9.53 Å². The van der Waals surface area contributed by atoms with Crippen LogP contribution >= 0.6 is 11.3 Å². The van der Waals surface area contributed by atoms with Crippen molar-refractivity contribution in [3.63, 3.8) is 0 Å². The number of carbonyl (C=O) groups excluding carboxylic acids is 2. The Morgan fingerprint density at radius 3 is 2.71 bits per heavy atom. The van der Waals surface area contributed by atoms with Gasteiger partial charge in [-0.1, -0.05) is 0 Å². The fraction of sp³-hybridized carbons (Fsp3) is 0.250. The summed E-state index contributed by atoms with van der Waals surface area (Å²) in [6.45, 7) is 1.44. The van der Waals surface area contributed by atoms with Crippen molar-refractivity contribution in [1.82, 2.24) is 10.3 Å². The summed E-state index contributed by atoms with van der Waals surface area (Å²) in [7, 11) is 3.12. The molecule has 8 heteroatoms. The smallest absolute Gasteiger partial charge is 0.338 e. The lowest BCUT2D eigenvalue weighted by atomic mass is 10.1. The second-order valence-corrected chi connectivity index (χ2v) is 6.89. The SMILES string of the molecule is COc1ccc(OC)c([C@@H](C)NC(=O)COC(=O)c2ccc3ncsc3c2)c1. The zero-order valence-corrected chi connectivity index (χ0v) is 16.5. The lowest BCUT2D eigenvalue weighted by molar-refractivity contribution is -0.124. The van der Waals surface area contributed by atoms with Gasteiger partial charge in [-0.05, 0) is 43.3 Å². The minimum atomic E-state index is -0.558. The molecule has 1 amide bonds. The standard InChI is InChI=1S/C20H20N2O5S/c1-12(15-9-14(25-2)5-7-17(15)26-3)22-19(23)10-27-20(24)13-4-6-16-18(8-13)28-11-21-16/h4-9,11-12H,10H2,1-3H3,(H,22,23)/t12-/m1/s1. The van der Waals surface area contributed by atoms with Crippen LogP contribution in [0, 0.1) is 0 Å². The summed E-state index contributed by atoms with van der Waals surface area (Å²) >= 11 is 1.44. The van der Waals surface area contributed by atoms with E-state index in [0.29, 0.717) is 17.1 Å². The Bertz CT molecular complexity index is 1000. The summed E-state index contributed by atoms with van der Waals surface area (Å²) in [5, 5.41) is 2.79. The molecule has 0 bridgehead atoms. The molecule has 3 rings (SSSR count). The van der Waals surface area contributed by atoms with E-state index in [-0.39, 0.29) is 12.6 Å². The zero-order chi connectivity index (χ0) is 20.1. The van der Waals surface area contributed by atoms with Crippen molar-refractivity contribution >= 4 is 33.4 Å². The van der Waals surface area contributed by atoms with Crippen molar-refractivity contribution in [3.05, 3.63) is 53.0 Å². The van der Waals surface area contributed by atoms with Crippen LogP contribution in [0.2, 0.25) is 0 Å². The minimum Gasteiger partial charge on any atom is -0.497 e. The third kappa shape index (κ3) is 4.40. The van der Waals surface area contributed by atoms with E-state index >= 15 is 0 Å². The van der Waals surface area contributed by atoms with Crippen molar-refractivity contribution < 1.29 is 23.8 Å². The Morgan fingerprint density at radius 1 is 1.14 bits per heavy atom. The average molecular weight is 400 g/mol. The number of nitrogens with zero attached hydrogens (tertiary/aromatic N) is 1. The highest BCUT2D eigenvalue weighted by Gasteiger charge is 2.17. The second-order valence-electron chi connectivity index (χ2n) is 6.01. The molecule has 0 aliphatic heterocycles. The van der Waals surface area contributed by atoms with Crippen LogP contribution in [0.15, 0.2) is 41.9 Å². The molecule has 2 aromatic carbocycles. The quantitative estimate of drug-likeness (QED) is 0.612. The van der Waals surface area contributed by atoms with E-state index in [1.54, 1.807) is 56.1 Å². The molecule has 0 unspecified atom stereocenters. The predicted molar refractivity (Wildman–Crippen MR) is 106 cm³/mol. The van der Waals surface area contributed by atoms with Crippen LogP contribution in [0.25, 0.3) is 10.2 Å². The van der Waals surface area contributed by atoms with Crippen LogP contribution in [0.4, 0.5) is 0 Å². The minimum absolute atomic E-state index is 0.357. The fourth-order valence-electron chi connectivity index (χ4n) is 2.74. The van der Waals surface area contributed by atoms with E-state index in [4.69, 9.17) is 14.2 Å². The Kier molecular flexibility index (Phi) is 6.10. The first-order valence-corrected chi connectivity index (χ1v) is 9.41.